The number of rotatable bonds is 7. The number of aromatic amines is 1. The van der Waals surface area contributed by atoms with E-state index >= 15 is 0 Å². The maximum Gasteiger partial charge on any atom is 0.410 e. The number of amides is 2. The van der Waals surface area contributed by atoms with Crippen LogP contribution in [-0.4, -0.2) is 118 Å². The number of hydrogen-bond donors (Lipinski definition) is 1. The highest BCUT2D eigenvalue weighted by Gasteiger charge is 2.35. The Bertz CT molecular complexity index is 1560. The van der Waals surface area contributed by atoms with Crippen LogP contribution in [0, 0.1) is 0 Å². The molecule has 0 aliphatic carbocycles. The lowest BCUT2D eigenvalue weighted by Crippen LogP contribution is -2.56. The molecule has 46 heavy (non-hydrogen) atoms. The van der Waals surface area contributed by atoms with E-state index in [1.54, 1.807) is 23.1 Å². The molecule has 3 fully saturated rings. The molecule has 1 aromatic heterocycles. The van der Waals surface area contributed by atoms with E-state index in [9.17, 15) is 14.4 Å². The maximum absolute atomic E-state index is 13.9. The summed E-state index contributed by atoms with van der Waals surface area (Å²) in [4.78, 5) is 51.2. The van der Waals surface area contributed by atoms with Crippen LogP contribution in [0.1, 0.15) is 37.3 Å². The highest BCUT2D eigenvalue weighted by atomic mass is 35.5. The molecule has 11 nitrogen and oxygen atoms in total. The quantitative estimate of drug-likeness (QED) is 0.403. The van der Waals surface area contributed by atoms with Gasteiger partial charge in [-0.05, 0) is 63.5 Å². The molecule has 2 amide bonds. The average Bonchev–Trinajstić information content (AvgIpc) is 3.48. The van der Waals surface area contributed by atoms with Crippen molar-refractivity contribution in [3.63, 3.8) is 0 Å². The van der Waals surface area contributed by atoms with E-state index < -0.39 is 12.2 Å². The number of piperazine rings is 1. The number of carbonyl (C=O) groups is 2. The molecule has 0 spiro atoms. The smallest absolute Gasteiger partial charge is 0.410 e. The first-order valence-corrected chi connectivity index (χ1v) is 16.9. The number of carbonyl (C=O) groups excluding carboxylic acids is 2. The zero-order valence-electron chi connectivity index (χ0n) is 26.1. The van der Waals surface area contributed by atoms with E-state index in [-0.39, 0.29) is 24.1 Å². The van der Waals surface area contributed by atoms with Gasteiger partial charge in [0.1, 0.15) is 0 Å². The van der Waals surface area contributed by atoms with Gasteiger partial charge in [0.15, 0.2) is 11.9 Å². The normalized spacial score (nSPS) is 19.7. The number of hydrogen-bond acceptors (Lipinski definition) is 7. The van der Waals surface area contributed by atoms with Crippen LogP contribution in [0.3, 0.4) is 0 Å². The van der Waals surface area contributed by atoms with Crippen LogP contribution in [0.2, 0.25) is 10.0 Å². The summed E-state index contributed by atoms with van der Waals surface area (Å²) < 4.78 is 7.45. The third-order valence-electron chi connectivity index (χ3n) is 9.51. The number of aromatic nitrogens is 3. The van der Waals surface area contributed by atoms with Gasteiger partial charge in [0.2, 0.25) is 0 Å². The van der Waals surface area contributed by atoms with Gasteiger partial charge >= 0.3 is 11.8 Å². The first-order valence-electron chi connectivity index (χ1n) is 16.1. The van der Waals surface area contributed by atoms with E-state index in [1.165, 1.54) is 4.68 Å². The van der Waals surface area contributed by atoms with E-state index in [4.69, 9.17) is 27.9 Å². The number of piperidine rings is 2. The third kappa shape index (κ3) is 7.60. The van der Waals surface area contributed by atoms with Gasteiger partial charge in [0, 0.05) is 57.3 Å². The summed E-state index contributed by atoms with van der Waals surface area (Å²) in [5.74, 6) is 0.317. The van der Waals surface area contributed by atoms with Gasteiger partial charge in [0.25, 0.3) is 5.91 Å². The highest BCUT2D eigenvalue weighted by molar-refractivity contribution is 6.42. The van der Waals surface area contributed by atoms with Crippen molar-refractivity contribution >= 4 is 35.2 Å². The minimum atomic E-state index is -1.00. The van der Waals surface area contributed by atoms with Crippen molar-refractivity contribution in [1.82, 2.24) is 34.4 Å². The molecule has 2 aromatic carbocycles. The maximum atomic E-state index is 13.9. The molecule has 1 N–H and O–H groups in total. The van der Waals surface area contributed by atoms with Gasteiger partial charge in [-0.1, -0.05) is 59.6 Å². The topological polar surface area (TPSA) is 107 Å². The van der Waals surface area contributed by atoms with Crippen molar-refractivity contribution in [2.75, 3.05) is 59.4 Å². The minimum absolute atomic E-state index is 0.153. The van der Waals surface area contributed by atoms with Crippen molar-refractivity contribution in [3.05, 3.63) is 74.6 Å². The Hall–Kier alpha value is -3.38. The lowest BCUT2D eigenvalue weighted by Gasteiger charge is -2.42. The fourth-order valence-electron chi connectivity index (χ4n) is 6.73. The van der Waals surface area contributed by atoms with E-state index in [1.807, 2.05) is 35.2 Å². The largest absolute Gasteiger partial charge is 0.436 e. The van der Waals surface area contributed by atoms with Crippen LogP contribution in [0.15, 0.2) is 53.3 Å². The lowest BCUT2D eigenvalue weighted by molar-refractivity contribution is -0.143. The van der Waals surface area contributed by atoms with E-state index in [0.717, 1.165) is 50.1 Å². The van der Waals surface area contributed by atoms with Crippen molar-refractivity contribution < 1.29 is 14.3 Å². The van der Waals surface area contributed by atoms with Gasteiger partial charge < -0.3 is 19.4 Å². The minimum Gasteiger partial charge on any atom is -0.436 e. The second-order valence-corrected chi connectivity index (χ2v) is 13.3. The molecule has 4 heterocycles. The molecule has 0 radical (unpaired) electrons. The Morgan fingerprint density at radius 1 is 0.870 bits per heavy atom. The van der Waals surface area contributed by atoms with Gasteiger partial charge in [-0.25, -0.2) is 14.3 Å². The standard InChI is InChI=1S/C33H41Cl2N7O4/c1-38-13-9-25(10-14-38)39-17-19-40(20-18-39)31(43)29(22-23-7-8-27(34)28(35)21-23)46-33(45)41-15-11-26(12-16-41)42-32(44)36-30(37-42)24-5-3-2-4-6-24/h2-8,21,25-26,29H,9-20,22H2,1H3,(H,36,37,44). The zero-order valence-corrected chi connectivity index (χ0v) is 27.6. The highest BCUT2D eigenvalue weighted by Crippen LogP contribution is 2.26. The second kappa shape index (κ2) is 14.6. The van der Waals surface area contributed by atoms with Crippen molar-refractivity contribution in [1.29, 1.82) is 0 Å². The first kappa shape index (κ1) is 32.6. The van der Waals surface area contributed by atoms with Gasteiger partial charge in [-0.3, -0.25) is 14.7 Å². The number of ether oxygens (including phenoxy) is 1. The first-order chi connectivity index (χ1) is 22.2. The number of benzene rings is 2. The number of nitrogens with one attached hydrogen (secondary N) is 1. The molecule has 3 saturated heterocycles. The molecule has 3 aliphatic heterocycles. The third-order valence-corrected chi connectivity index (χ3v) is 10.3. The molecule has 1 atom stereocenters. The summed E-state index contributed by atoms with van der Waals surface area (Å²) in [6.07, 6.45) is 2.01. The average molecular weight is 671 g/mol. The summed E-state index contributed by atoms with van der Waals surface area (Å²) in [6.45, 7) is 5.74. The zero-order chi connectivity index (χ0) is 32.2. The fourth-order valence-corrected chi connectivity index (χ4v) is 7.05. The monoisotopic (exact) mass is 669 g/mol. The molecule has 0 bridgehead atoms. The summed E-state index contributed by atoms with van der Waals surface area (Å²) in [7, 11) is 2.16. The summed E-state index contributed by atoms with van der Waals surface area (Å²) >= 11 is 12.4. The second-order valence-electron chi connectivity index (χ2n) is 12.5. The molecule has 246 valence electrons. The Labute approximate surface area is 279 Å². The van der Waals surface area contributed by atoms with Gasteiger partial charge in [0.05, 0.1) is 16.1 Å². The molecule has 3 aromatic rings. The molecular weight excluding hydrogens is 629 g/mol. The Balaban J connectivity index is 1.09. The van der Waals surface area contributed by atoms with Crippen molar-refractivity contribution in [2.24, 2.45) is 0 Å². The molecule has 3 aliphatic rings. The van der Waals surface area contributed by atoms with Gasteiger partial charge in [-0.2, -0.15) is 0 Å². The predicted octanol–water partition coefficient (Wildman–Crippen LogP) is 4.17. The number of nitrogens with zero attached hydrogens (tertiary/aromatic N) is 6. The van der Waals surface area contributed by atoms with E-state index in [2.05, 4.69) is 26.9 Å². The van der Waals surface area contributed by atoms with Crippen molar-refractivity contribution in [3.8, 4) is 11.4 Å². The summed E-state index contributed by atoms with van der Waals surface area (Å²) in [5, 5.41) is 5.34. The van der Waals surface area contributed by atoms with Gasteiger partial charge in [-0.15, -0.1) is 5.10 Å². The van der Waals surface area contributed by atoms with Crippen LogP contribution in [0.4, 0.5) is 4.79 Å². The van der Waals surface area contributed by atoms with Crippen LogP contribution >= 0.6 is 23.2 Å². The molecule has 0 saturated carbocycles. The molecule has 13 heteroatoms. The lowest BCUT2D eigenvalue weighted by atomic mass is 10.0. The van der Waals surface area contributed by atoms with Crippen LogP contribution in [-0.2, 0) is 16.0 Å². The summed E-state index contributed by atoms with van der Waals surface area (Å²) in [6, 6.07) is 15.1. The van der Waals surface area contributed by atoms with Crippen molar-refractivity contribution in [2.45, 2.75) is 50.3 Å². The Morgan fingerprint density at radius 2 is 1.54 bits per heavy atom. The SMILES string of the molecule is CN1CCC(N2CCN(C(=O)C(Cc3ccc(Cl)c(Cl)c3)OC(=O)N3CCC(n4nc(-c5ccccc5)[nH]c4=O)CC3)CC2)CC1. The van der Waals surface area contributed by atoms with Crippen LogP contribution in [0.5, 0.6) is 0 Å². The molecular formula is C33H41Cl2N7O4. The van der Waals surface area contributed by atoms with E-state index in [0.29, 0.717) is 60.9 Å². The predicted molar refractivity (Wildman–Crippen MR) is 177 cm³/mol. The number of halogens is 2. The number of likely N-dealkylation sites (tertiary alicyclic amines) is 2. The Kier molecular flexibility index (Phi) is 10.3. The van der Waals surface area contributed by atoms with Crippen LogP contribution < -0.4 is 5.69 Å². The Morgan fingerprint density at radius 3 is 2.22 bits per heavy atom. The molecule has 6 rings (SSSR count). The van der Waals surface area contributed by atoms with Crippen LogP contribution in [0.25, 0.3) is 11.4 Å². The fraction of sp³-hybridized carbons (Fsp3) is 0.515. The molecule has 1 unspecified atom stereocenters. The summed E-state index contributed by atoms with van der Waals surface area (Å²) in [5.41, 5.74) is 1.32. The number of H-pyrrole nitrogens is 1.